The minimum absolute atomic E-state index is 0.0610. The van der Waals surface area contributed by atoms with E-state index >= 15 is 0 Å². The van der Waals surface area contributed by atoms with Crippen LogP contribution >= 0.6 is 0 Å². The van der Waals surface area contributed by atoms with Crippen LogP contribution in [0, 0.1) is 5.82 Å². The number of aromatic amines is 1. The average Bonchev–Trinajstić information content (AvgIpc) is 3.11. The van der Waals surface area contributed by atoms with Crippen LogP contribution in [-0.4, -0.2) is 33.4 Å². The molecule has 4 aromatic rings. The fraction of sp³-hybridized carbons (Fsp3) is 0.0500. The predicted octanol–water partition coefficient (Wildman–Crippen LogP) is 4.14. The lowest BCUT2D eigenvalue weighted by Gasteiger charge is -2.06. The highest BCUT2D eigenvalue weighted by atomic mass is 19.1. The first-order chi connectivity index (χ1) is 13.1. The summed E-state index contributed by atoms with van der Waals surface area (Å²) in [7, 11) is 1.56. The number of H-pyrrole nitrogens is 1. The van der Waals surface area contributed by atoms with Gasteiger partial charge in [0.1, 0.15) is 11.6 Å². The zero-order valence-corrected chi connectivity index (χ0v) is 14.2. The predicted molar refractivity (Wildman–Crippen MR) is 98.2 cm³/mol. The molecule has 0 radical (unpaired) electrons. The molecule has 0 saturated heterocycles. The number of carbonyl (C=O) groups is 1. The summed E-state index contributed by atoms with van der Waals surface area (Å²) in [6.45, 7) is 0. The van der Waals surface area contributed by atoms with Gasteiger partial charge < -0.3 is 9.84 Å². The number of aromatic nitrogens is 3. The van der Waals surface area contributed by atoms with Crippen LogP contribution in [0.5, 0.6) is 5.75 Å². The molecule has 0 amide bonds. The Labute approximate surface area is 153 Å². The molecule has 2 aromatic carbocycles. The zero-order valence-electron chi connectivity index (χ0n) is 14.2. The van der Waals surface area contributed by atoms with Crippen molar-refractivity contribution in [2.75, 3.05) is 7.11 Å². The summed E-state index contributed by atoms with van der Waals surface area (Å²) in [5, 5.41) is 17.2. The van der Waals surface area contributed by atoms with Gasteiger partial charge in [0.2, 0.25) is 0 Å². The highest BCUT2D eigenvalue weighted by Gasteiger charge is 2.20. The number of methoxy groups -OCH3 is 1. The minimum Gasteiger partial charge on any atom is -0.497 e. The second-order valence-corrected chi connectivity index (χ2v) is 5.90. The van der Waals surface area contributed by atoms with E-state index < -0.39 is 5.97 Å². The molecular weight excluding hydrogens is 349 g/mol. The lowest BCUT2D eigenvalue weighted by molar-refractivity contribution is 0.0699. The highest BCUT2D eigenvalue weighted by molar-refractivity contribution is 6.08. The summed E-state index contributed by atoms with van der Waals surface area (Å²) in [4.78, 5) is 16.4. The summed E-state index contributed by atoms with van der Waals surface area (Å²) in [6.07, 6.45) is 0. The molecule has 7 heteroatoms. The molecule has 0 unspecified atom stereocenters. The fourth-order valence-electron chi connectivity index (χ4n) is 2.95. The number of carboxylic acids is 1. The third kappa shape index (κ3) is 2.99. The monoisotopic (exact) mass is 363 g/mol. The number of nitrogens with zero attached hydrogens (tertiary/aromatic N) is 2. The van der Waals surface area contributed by atoms with Crippen molar-refractivity contribution in [2.24, 2.45) is 0 Å². The number of rotatable bonds is 4. The molecule has 2 heterocycles. The van der Waals surface area contributed by atoms with Crippen LogP contribution < -0.4 is 4.74 Å². The zero-order chi connectivity index (χ0) is 19.0. The summed E-state index contributed by atoms with van der Waals surface area (Å²) in [6, 6.07) is 14.4. The molecule has 2 N–H and O–H groups in total. The maximum Gasteiger partial charge on any atom is 0.336 e. The van der Waals surface area contributed by atoms with Gasteiger partial charge in [0.15, 0.2) is 5.65 Å². The van der Waals surface area contributed by atoms with Gasteiger partial charge in [0, 0.05) is 11.1 Å². The molecule has 0 aliphatic carbocycles. The first-order valence-electron chi connectivity index (χ1n) is 8.09. The van der Waals surface area contributed by atoms with Crippen molar-refractivity contribution in [3.63, 3.8) is 0 Å². The topological polar surface area (TPSA) is 88.1 Å². The lowest BCUT2D eigenvalue weighted by atomic mass is 10.0. The Hall–Kier alpha value is -3.74. The van der Waals surface area contributed by atoms with Gasteiger partial charge in [0.05, 0.1) is 29.4 Å². The van der Waals surface area contributed by atoms with Gasteiger partial charge in [-0.05, 0) is 42.5 Å². The molecule has 0 bridgehead atoms. The standard InChI is InChI=1S/C20H14FN3O3/c1-27-14-4-2-3-12(9-14)18-17-15(20(25)26)10-16(22-19(17)24-23-18)11-5-7-13(21)8-6-11/h2-10H,1H3,(H,25,26)(H,22,23,24). The Bertz CT molecular complexity index is 1150. The van der Waals surface area contributed by atoms with Crippen LogP contribution in [0.4, 0.5) is 4.39 Å². The number of carboxylic acid groups (broad SMARTS) is 1. The van der Waals surface area contributed by atoms with Crippen molar-refractivity contribution in [1.82, 2.24) is 15.2 Å². The van der Waals surface area contributed by atoms with E-state index in [4.69, 9.17) is 4.74 Å². The van der Waals surface area contributed by atoms with Crippen LogP contribution in [0.25, 0.3) is 33.5 Å². The number of pyridine rings is 1. The van der Waals surface area contributed by atoms with Gasteiger partial charge >= 0.3 is 5.97 Å². The number of nitrogens with one attached hydrogen (secondary N) is 1. The first-order valence-corrected chi connectivity index (χ1v) is 8.09. The molecule has 0 saturated carbocycles. The maximum absolute atomic E-state index is 13.2. The van der Waals surface area contributed by atoms with E-state index in [0.29, 0.717) is 28.1 Å². The second-order valence-electron chi connectivity index (χ2n) is 5.90. The van der Waals surface area contributed by atoms with E-state index in [1.165, 1.54) is 18.2 Å². The van der Waals surface area contributed by atoms with E-state index in [0.717, 1.165) is 5.56 Å². The van der Waals surface area contributed by atoms with E-state index in [1.54, 1.807) is 31.4 Å². The molecule has 0 spiro atoms. The summed E-state index contributed by atoms with van der Waals surface area (Å²) in [5.41, 5.74) is 2.61. The number of hydrogen-bond donors (Lipinski definition) is 2. The molecule has 2 aromatic heterocycles. The van der Waals surface area contributed by atoms with E-state index in [1.807, 2.05) is 12.1 Å². The van der Waals surface area contributed by atoms with Crippen LogP contribution in [0.15, 0.2) is 54.6 Å². The molecule has 27 heavy (non-hydrogen) atoms. The molecule has 6 nitrogen and oxygen atoms in total. The smallest absolute Gasteiger partial charge is 0.336 e. The van der Waals surface area contributed by atoms with Crippen molar-refractivity contribution in [3.05, 3.63) is 66.0 Å². The van der Waals surface area contributed by atoms with Crippen molar-refractivity contribution in [1.29, 1.82) is 0 Å². The van der Waals surface area contributed by atoms with Crippen LogP contribution in [0.1, 0.15) is 10.4 Å². The number of hydrogen-bond acceptors (Lipinski definition) is 4. The van der Waals surface area contributed by atoms with E-state index in [-0.39, 0.29) is 17.0 Å². The first kappa shape index (κ1) is 16.7. The largest absolute Gasteiger partial charge is 0.497 e. The van der Waals surface area contributed by atoms with Crippen molar-refractivity contribution in [2.45, 2.75) is 0 Å². The van der Waals surface area contributed by atoms with E-state index in [9.17, 15) is 14.3 Å². The van der Waals surface area contributed by atoms with Gasteiger partial charge in [0.25, 0.3) is 0 Å². The molecule has 0 aliphatic heterocycles. The average molecular weight is 363 g/mol. The number of benzene rings is 2. The Morgan fingerprint density at radius 1 is 1.11 bits per heavy atom. The third-order valence-electron chi connectivity index (χ3n) is 4.25. The maximum atomic E-state index is 13.2. The van der Waals surface area contributed by atoms with Crippen LogP contribution in [-0.2, 0) is 0 Å². The summed E-state index contributed by atoms with van der Waals surface area (Å²) < 4.78 is 18.4. The van der Waals surface area contributed by atoms with Gasteiger partial charge in [-0.3, -0.25) is 5.10 Å². The highest BCUT2D eigenvalue weighted by Crippen LogP contribution is 2.32. The number of ether oxygens (including phenoxy) is 1. The molecule has 134 valence electrons. The number of fused-ring (bicyclic) bond motifs is 1. The van der Waals surface area contributed by atoms with Gasteiger partial charge in [-0.2, -0.15) is 5.10 Å². The normalized spacial score (nSPS) is 10.9. The van der Waals surface area contributed by atoms with Gasteiger partial charge in [-0.25, -0.2) is 14.2 Å². The second kappa shape index (κ2) is 6.53. The Kier molecular flexibility index (Phi) is 4.04. The molecule has 0 aliphatic rings. The third-order valence-corrected chi connectivity index (χ3v) is 4.25. The Morgan fingerprint density at radius 2 is 1.89 bits per heavy atom. The number of aromatic carboxylic acids is 1. The van der Waals surface area contributed by atoms with Crippen LogP contribution in [0.2, 0.25) is 0 Å². The van der Waals surface area contributed by atoms with Gasteiger partial charge in [-0.1, -0.05) is 12.1 Å². The summed E-state index contributed by atoms with van der Waals surface area (Å²) in [5.74, 6) is -0.835. The lowest BCUT2D eigenvalue weighted by Crippen LogP contribution is -2.00. The Morgan fingerprint density at radius 3 is 2.59 bits per heavy atom. The number of halogens is 1. The van der Waals surface area contributed by atoms with Crippen LogP contribution in [0.3, 0.4) is 0 Å². The molecule has 0 fully saturated rings. The molecule has 0 atom stereocenters. The fourth-order valence-corrected chi connectivity index (χ4v) is 2.95. The van der Waals surface area contributed by atoms with Crippen molar-refractivity contribution < 1.29 is 19.0 Å². The quantitative estimate of drug-likeness (QED) is 0.569. The van der Waals surface area contributed by atoms with Crippen molar-refractivity contribution >= 4 is 17.0 Å². The molecular formula is C20H14FN3O3. The Balaban J connectivity index is 1.94. The molecule has 4 rings (SSSR count). The van der Waals surface area contributed by atoms with E-state index in [2.05, 4.69) is 15.2 Å². The van der Waals surface area contributed by atoms with Gasteiger partial charge in [-0.15, -0.1) is 0 Å². The van der Waals surface area contributed by atoms with Crippen molar-refractivity contribution in [3.8, 4) is 28.3 Å². The SMILES string of the molecule is COc1cccc(-c2[nH]nc3nc(-c4ccc(F)cc4)cc(C(=O)O)c23)c1. The summed E-state index contributed by atoms with van der Waals surface area (Å²) >= 11 is 0. The minimum atomic E-state index is -1.10.